The van der Waals surface area contributed by atoms with Crippen LogP contribution in [0.25, 0.3) is 10.9 Å². The molecule has 0 radical (unpaired) electrons. The molecule has 0 aliphatic rings. The highest BCUT2D eigenvalue weighted by Crippen LogP contribution is 2.23. The number of hydrazine groups is 1. The number of nitrogens with zero attached hydrogens (tertiary/aromatic N) is 3. The van der Waals surface area contributed by atoms with Crippen LogP contribution in [0.5, 0.6) is 0 Å². The second kappa shape index (κ2) is 5.03. The van der Waals surface area contributed by atoms with Gasteiger partial charge in [-0.15, -0.1) is 0 Å². The number of aromatic nitrogens is 3. The SMILES string of the molecule is Cc1cc(C(NN)c2nccn2C)nc2ccccc12. The van der Waals surface area contributed by atoms with Gasteiger partial charge in [0.2, 0.25) is 0 Å². The fourth-order valence-corrected chi connectivity index (χ4v) is 2.47. The zero-order valence-corrected chi connectivity index (χ0v) is 11.5. The average Bonchev–Trinajstić information content (AvgIpc) is 2.86. The average molecular weight is 267 g/mol. The summed E-state index contributed by atoms with van der Waals surface area (Å²) < 4.78 is 1.94. The Hall–Kier alpha value is -2.24. The second-order valence-corrected chi connectivity index (χ2v) is 4.88. The molecule has 1 unspecified atom stereocenters. The number of hydrogen-bond acceptors (Lipinski definition) is 4. The maximum absolute atomic E-state index is 5.72. The number of rotatable bonds is 3. The van der Waals surface area contributed by atoms with Crippen LogP contribution in [-0.2, 0) is 7.05 Å². The first-order chi connectivity index (χ1) is 9.70. The molecule has 3 N–H and O–H groups in total. The van der Waals surface area contributed by atoms with Crippen LogP contribution < -0.4 is 11.3 Å². The Kier molecular flexibility index (Phi) is 3.22. The third-order valence-corrected chi connectivity index (χ3v) is 3.52. The lowest BCUT2D eigenvalue weighted by molar-refractivity contribution is 0.568. The van der Waals surface area contributed by atoms with Gasteiger partial charge in [-0.05, 0) is 24.6 Å². The summed E-state index contributed by atoms with van der Waals surface area (Å²) in [4.78, 5) is 9.06. The van der Waals surface area contributed by atoms with Crippen molar-refractivity contribution in [1.29, 1.82) is 0 Å². The van der Waals surface area contributed by atoms with E-state index in [1.54, 1.807) is 6.20 Å². The van der Waals surface area contributed by atoms with Crippen molar-refractivity contribution in [2.75, 3.05) is 0 Å². The predicted octanol–water partition coefficient (Wildman–Crippen LogP) is 1.83. The third-order valence-electron chi connectivity index (χ3n) is 3.52. The quantitative estimate of drug-likeness (QED) is 0.561. The van der Waals surface area contributed by atoms with E-state index in [0.29, 0.717) is 0 Å². The Morgan fingerprint density at radius 1 is 1.30 bits per heavy atom. The van der Waals surface area contributed by atoms with Crippen molar-refractivity contribution in [3.8, 4) is 0 Å². The molecule has 3 aromatic rings. The first kappa shape index (κ1) is 12.8. The number of benzene rings is 1. The van der Waals surface area contributed by atoms with Gasteiger partial charge in [-0.1, -0.05) is 18.2 Å². The molecule has 0 aliphatic carbocycles. The number of nitrogens with two attached hydrogens (primary N) is 1. The summed E-state index contributed by atoms with van der Waals surface area (Å²) >= 11 is 0. The van der Waals surface area contributed by atoms with Gasteiger partial charge in [0.05, 0.1) is 11.2 Å². The number of hydrogen-bond donors (Lipinski definition) is 2. The highest BCUT2D eigenvalue weighted by Gasteiger charge is 2.19. The van der Waals surface area contributed by atoms with Crippen LogP contribution in [0.15, 0.2) is 42.7 Å². The lowest BCUT2D eigenvalue weighted by Gasteiger charge is -2.16. The number of pyridine rings is 1. The van der Waals surface area contributed by atoms with E-state index in [1.165, 1.54) is 5.56 Å². The van der Waals surface area contributed by atoms with Gasteiger partial charge in [0.25, 0.3) is 0 Å². The minimum absolute atomic E-state index is 0.224. The van der Waals surface area contributed by atoms with Gasteiger partial charge < -0.3 is 4.57 Å². The molecule has 0 amide bonds. The van der Waals surface area contributed by atoms with Crippen LogP contribution in [0.1, 0.15) is 23.1 Å². The van der Waals surface area contributed by atoms with Crippen LogP contribution in [0, 0.1) is 6.92 Å². The van der Waals surface area contributed by atoms with Gasteiger partial charge in [-0.25, -0.2) is 10.4 Å². The van der Waals surface area contributed by atoms with Gasteiger partial charge in [0.1, 0.15) is 11.9 Å². The van der Waals surface area contributed by atoms with Crippen LogP contribution in [0.4, 0.5) is 0 Å². The summed E-state index contributed by atoms with van der Waals surface area (Å²) in [6.07, 6.45) is 3.65. The molecule has 0 bridgehead atoms. The fourth-order valence-electron chi connectivity index (χ4n) is 2.47. The van der Waals surface area contributed by atoms with Gasteiger partial charge in [-0.2, -0.15) is 0 Å². The van der Waals surface area contributed by atoms with Crippen LogP contribution >= 0.6 is 0 Å². The Morgan fingerprint density at radius 3 is 2.80 bits per heavy atom. The lowest BCUT2D eigenvalue weighted by Crippen LogP contribution is -2.31. The van der Waals surface area contributed by atoms with E-state index in [2.05, 4.69) is 29.5 Å². The topological polar surface area (TPSA) is 68.8 Å². The van der Waals surface area contributed by atoms with E-state index in [-0.39, 0.29) is 6.04 Å². The Balaban J connectivity index is 2.15. The zero-order chi connectivity index (χ0) is 14.1. The molecule has 102 valence electrons. The Labute approximate surface area is 117 Å². The van der Waals surface area contributed by atoms with Gasteiger partial charge in [0, 0.05) is 24.8 Å². The number of nitrogens with one attached hydrogen (secondary N) is 1. The number of fused-ring (bicyclic) bond motifs is 1. The van der Waals surface area contributed by atoms with Crippen molar-refractivity contribution in [3.05, 3.63) is 59.8 Å². The maximum Gasteiger partial charge on any atom is 0.133 e. The first-order valence-electron chi connectivity index (χ1n) is 6.50. The predicted molar refractivity (Wildman–Crippen MR) is 78.9 cm³/mol. The standard InChI is InChI=1S/C15H17N5/c1-10-9-13(18-12-6-4-3-5-11(10)12)14(19-16)15-17-7-8-20(15)2/h3-9,14,19H,16H2,1-2H3. The molecule has 2 aromatic heterocycles. The van der Waals surface area contributed by atoms with Crippen molar-refractivity contribution in [1.82, 2.24) is 20.0 Å². The largest absolute Gasteiger partial charge is 0.336 e. The van der Waals surface area contributed by atoms with Crippen molar-refractivity contribution in [2.24, 2.45) is 12.9 Å². The molecule has 1 aromatic carbocycles. The highest BCUT2D eigenvalue weighted by molar-refractivity contribution is 5.82. The van der Waals surface area contributed by atoms with Gasteiger partial charge in [0.15, 0.2) is 0 Å². The van der Waals surface area contributed by atoms with Crippen molar-refractivity contribution in [3.63, 3.8) is 0 Å². The van der Waals surface area contributed by atoms with Crippen molar-refractivity contribution in [2.45, 2.75) is 13.0 Å². The molecular weight excluding hydrogens is 250 g/mol. The van der Waals surface area contributed by atoms with Crippen molar-refractivity contribution >= 4 is 10.9 Å². The molecule has 20 heavy (non-hydrogen) atoms. The molecule has 5 heteroatoms. The summed E-state index contributed by atoms with van der Waals surface area (Å²) in [5, 5.41) is 1.16. The molecular formula is C15H17N5. The molecule has 0 spiro atoms. The van der Waals surface area contributed by atoms with Crippen LogP contribution in [0.2, 0.25) is 0 Å². The normalized spacial score (nSPS) is 12.8. The fraction of sp³-hybridized carbons (Fsp3) is 0.200. The number of imidazole rings is 1. The third kappa shape index (κ3) is 2.07. The number of aryl methyl sites for hydroxylation is 2. The zero-order valence-electron chi connectivity index (χ0n) is 11.5. The minimum atomic E-state index is -0.224. The minimum Gasteiger partial charge on any atom is -0.336 e. The molecule has 1 atom stereocenters. The lowest BCUT2D eigenvalue weighted by atomic mass is 10.1. The summed E-state index contributed by atoms with van der Waals surface area (Å²) in [7, 11) is 1.95. The first-order valence-corrected chi connectivity index (χ1v) is 6.50. The monoisotopic (exact) mass is 267 g/mol. The maximum atomic E-state index is 5.72. The number of para-hydroxylation sites is 1. The summed E-state index contributed by atoms with van der Waals surface area (Å²) in [6, 6.07) is 9.93. The van der Waals surface area contributed by atoms with E-state index < -0.39 is 0 Å². The molecule has 0 saturated carbocycles. The summed E-state index contributed by atoms with van der Waals surface area (Å²) in [5.41, 5.74) is 5.83. The van der Waals surface area contributed by atoms with E-state index in [9.17, 15) is 0 Å². The van der Waals surface area contributed by atoms with Crippen molar-refractivity contribution < 1.29 is 0 Å². The van der Waals surface area contributed by atoms with E-state index >= 15 is 0 Å². The molecule has 0 saturated heterocycles. The molecule has 3 rings (SSSR count). The molecule has 0 fully saturated rings. The summed E-state index contributed by atoms with van der Waals surface area (Å²) in [5.74, 6) is 6.56. The van der Waals surface area contributed by atoms with E-state index in [1.807, 2.05) is 36.0 Å². The molecule has 0 aliphatic heterocycles. The second-order valence-electron chi connectivity index (χ2n) is 4.88. The smallest absolute Gasteiger partial charge is 0.133 e. The highest BCUT2D eigenvalue weighted by atomic mass is 15.3. The van der Waals surface area contributed by atoms with Crippen LogP contribution in [-0.4, -0.2) is 14.5 Å². The molecule has 2 heterocycles. The van der Waals surface area contributed by atoms with Crippen LogP contribution in [0.3, 0.4) is 0 Å². The van der Waals surface area contributed by atoms with Gasteiger partial charge in [-0.3, -0.25) is 10.8 Å². The summed E-state index contributed by atoms with van der Waals surface area (Å²) in [6.45, 7) is 2.08. The van der Waals surface area contributed by atoms with Gasteiger partial charge >= 0.3 is 0 Å². The Bertz CT molecular complexity index is 747. The Morgan fingerprint density at radius 2 is 2.10 bits per heavy atom. The van der Waals surface area contributed by atoms with E-state index in [4.69, 9.17) is 10.8 Å². The van der Waals surface area contributed by atoms with E-state index in [0.717, 1.165) is 22.4 Å². The molecule has 5 nitrogen and oxygen atoms in total.